The molecule has 0 aliphatic carbocycles. The van der Waals surface area contributed by atoms with Gasteiger partial charge in [-0.1, -0.05) is 0 Å². The van der Waals surface area contributed by atoms with Gasteiger partial charge >= 0.3 is 11.9 Å². The second kappa shape index (κ2) is 16.5. The monoisotopic (exact) mass is 509 g/mol. The smallest absolute Gasteiger partial charge is 0.328 e. The lowest BCUT2D eigenvalue weighted by Gasteiger charge is -2.19. The van der Waals surface area contributed by atoms with Gasteiger partial charge in [0.1, 0.15) is 25.3 Å². The van der Waals surface area contributed by atoms with Crippen LogP contribution < -0.4 is 16.4 Å². The molecule has 0 radical (unpaired) electrons. The van der Waals surface area contributed by atoms with Crippen LogP contribution in [0.2, 0.25) is 0 Å². The zero-order chi connectivity index (χ0) is 27.0. The summed E-state index contributed by atoms with van der Waals surface area (Å²) in [5.41, 5.74) is 5.30. The Morgan fingerprint density at radius 2 is 1.69 bits per heavy atom. The number of nitrogens with two attached hydrogens (primary N) is 1. The standard InChI is InChI=1S/C17H27N5O13/c1-10(23)15(25)20-13(4-2-3-7-19-14(24)6-5-12(18)16(26)27)17(28)33-8-11(35-22(31)32)9-34-21(29)30/h11-13H,2-9,18H2,1H3,(H,19,24)(H,20,25)(H,26,27)/t11-,12-,13-/m0/s1. The summed E-state index contributed by atoms with van der Waals surface area (Å²) >= 11 is 0. The third kappa shape index (κ3) is 15.4. The molecule has 0 fully saturated rings. The highest BCUT2D eigenvalue weighted by Gasteiger charge is 2.26. The molecule has 35 heavy (non-hydrogen) atoms. The van der Waals surface area contributed by atoms with E-state index in [-0.39, 0.29) is 32.2 Å². The van der Waals surface area contributed by atoms with Gasteiger partial charge in [0.25, 0.3) is 16.1 Å². The number of carboxylic acid groups (broad SMARTS) is 1. The molecule has 3 atom stereocenters. The van der Waals surface area contributed by atoms with Crippen LogP contribution in [0.15, 0.2) is 0 Å². The molecule has 0 aliphatic rings. The van der Waals surface area contributed by atoms with Crippen LogP contribution in [-0.4, -0.2) is 82.8 Å². The van der Waals surface area contributed by atoms with Crippen molar-refractivity contribution in [2.75, 3.05) is 19.8 Å². The summed E-state index contributed by atoms with van der Waals surface area (Å²) in [6.45, 7) is -0.628. The quantitative estimate of drug-likeness (QED) is 0.0476. The number of ketones is 1. The zero-order valence-corrected chi connectivity index (χ0v) is 18.7. The van der Waals surface area contributed by atoms with Gasteiger partial charge < -0.3 is 35.9 Å². The maximum Gasteiger partial charge on any atom is 0.328 e. The van der Waals surface area contributed by atoms with Gasteiger partial charge in [-0.3, -0.25) is 19.2 Å². The number of nitrogens with one attached hydrogen (secondary N) is 2. The Balaban J connectivity index is 4.72. The number of hydrogen-bond donors (Lipinski definition) is 4. The highest BCUT2D eigenvalue weighted by atomic mass is 17.0. The van der Waals surface area contributed by atoms with Crippen molar-refractivity contribution in [3.05, 3.63) is 20.2 Å². The molecule has 0 unspecified atom stereocenters. The molecule has 0 saturated heterocycles. The Hall–Kier alpha value is -4.09. The molecule has 0 spiro atoms. The van der Waals surface area contributed by atoms with Crippen LogP contribution in [0.25, 0.3) is 0 Å². The number of carbonyl (C=O) groups is 5. The fraction of sp³-hybridized carbons (Fsp3) is 0.706. The van der Waals surface area contributed by atoms with Gasteiger partial charge in [-0.15, -0.1) is 20.2 Å². The Labute approximate surface area is 197 Å². The van der Waals surface area contributed by atoms with Gasteiger partial charge in [0.05, 0.1) is 0 Å². The molecular formula is C17H27N5O13. The number of ether oxygens (including phenoxy) is 1. The molecule has 18 nitrogen and oxygen atoms in total. The highest BCUT2D eigenvalue weighted by molar-refractivity contribution is 6.35. The Morgan fingerprint density at radius 1 is 1.03 bits per heavy atom. The van der Waals surface area contributed by atoms with E-state index in [4.69, 9.17) is 15.6 Å². The Morgan fingerprint density at radius 3 is 2.23 bits per heavy atom. The van der Waals surface area contributed by atoms with E-state index < -0.39 is 71.1 Å². The van der Waals surface area contributed by atoms with Crippen molar-refractivity contribution in [1.29, 1.82) is 0 Å². The first-order valence-corrected chi connectivity index (χ1v) is 10.1. The van der Waals surface area contributed by atoms with E-state index >= 15 is 0 Å². The van der Waals surface area contributed by atoms with Crippen LogP contribution >= 0.6 is 0 Å². The van der Waals surface area contributed by atoms with Crippen LogP contribution in [0.4, 0.5) is 0 Å². The zero-order valence-electron chi connectivity index (χ0n) is 18.7. The molecule has 0 aliphatic heterocycles. The van der Waals surface area contributed by atoms with E-state index in [2.05, 4.69) is 20.3 Å². The van der Waals surface area contributed by atoms with Crippen molar-refractivity contribution in [2.45, 2.75) is 57.2 Å². The second-order valence-electron chi connectivity index (χ2n) is 7.01. The number of rotatable bonds is 19. The number of esters is 1. The summed E-state index contributed by atoms with van der Waals surface area (Å²) in [6, 6.07) is -2.51. The predicted octanol–water partition coefficient (Wildman–Crippen LogP) is -2.13. The van der Waals surface area contributed by atoms with Gasteiger partial charge in [0.2, 0.25) is 11.7 Å². The molecule has 0 bridgehead atoms. The molecule has 2 amide bonds. The summed E-state index contributed by atoms with van der Waals surface area (Å²) < 4.78 is 4.82. The minimum absolute atomic E-state index is 0.0518. The first-order chi connectivity index (χ1) is 16.3. The largest absolute Gasteiger partial charge is 0.480 e. The van der Waals surface area contributed by atoms with E-state index in [0.29, 0.717) is 6.42 Å². The number of carboxylic acids is 1. The van der Waals surface area contributed by atoms with E-state index in [9.17, 15) is 44.2 Å². The molecule has 0 rings (SSSR count). The fourth-order valence-corrected chi connectivity index (χ4v) is 2.36. The average molecular weight is 509 g/mol. The lowest BCUT2D eigenvalue weighted by atomic mass is 10.1. The SMILES string of the molecule is CC(=O)C(=O)N[C@@H](CCCCNC(=O)CC[C@H](N)C(=O)O)C(=O)OC[C@@H](CO[N+](=O)[O-])O[N+](=O)[O-]. The second-order valence-corrected chi connectivity index (χ2v) is 7.01. The fourth-order valence-electron chi connectivity index (χ4n) is 2.36. The number of carbonyl (C=O) groups excluding carboxylic acids is 4. The summed E-state index contributed by atoms with van der Waals surface area (Å²) in [5.74, 6) is -4.75. The molecule has 0 aromatic rings. The predicted molar refractivity (Wildman–Crippen MR) is 110 cm³/mol. The third-order valence-corrected chi connectivity index (χ3v) is 4.16. The van der Waals surface area contributed by atoms with Crippen LogP contribution in [0.3, 0.4) is 0 Å². The van der Waals surface area contributed by atoms with Crippen molar-refractivity contribution in [2.24, 2.45) is 5.73 Å². The average Bonchev–Trinajstić information content (AvgIpc) is 2.77. The Kier molecular flexibility index (Phi) is 14.6. The molecule has 18 heteroatoms. The lowest BCUT2D eigenvalue weighted by Crippen LogP contribution is -2.45. The number of hydrogen-bond acceptors (Lipinski definition) is 13. The highest BCUT2D eigenvalue weighted by Crippen LogP contribution is 2.06. The molecule has 5 N–H and O–H groups in total. The number of aliphatic carboxylic acids is 1. The van der Waals surface area contributed by atoms with Crippen molar-refractivity contribution >= 4 is 29.5 Å². The summed E-state index contributed by atoms with van der Waals surface area (Å²) in [7, 11) is 0. The maximum atomic E-state index is 12.3. The van der Waals surface area contributed by atoms with E-state index in [1.165, 1.54) is 0 Å². The van der Waals surface area contributed by atoms with Crippen LogP contribution in [0.1, 0.15) is 39.0 Å². The first-order valence-electron chi connectivity index (χ1n) is 10.1. The van der Waals surface area contributed by atoms with Crippen molar-refractivity contribution in [3.8, 4) is 0 Å². The van der Waals surface area contributed by atoms with Crippen molar-refractivity contribution in [3.63, 3.8) is 0 Å². The minimum Gasteiger partial charge on any atom is -0.480 e. The van der Waals surface area contributed by atoms with Crippen LogP contribution in [-0.2, 0) is 38.4 Å². The molecule has 198 valence electrons. The first kappa shape index (κ1) is 30.9. The van der Waals surface area contributed by atoms with Crippen molar-refractivity contribution < 1.29 is 53.7 Å². The molecule has 0 heterocycles. The minimum atomic E-state index is -1.63. The van der Waals surface area contributed by atoms with Crippen LogP contribution in [0.5, 0.6) is 0 Å². The van der Waals surface area contributed by atoms with Gasteiger partial charge in [-0.05, 0) is 25.7 Å². The molecule has 0 saturated carbocycles. The summed E-state index contributed by atoms with van der Waals surface area (Å²) in [5, 5.41) is 31.6. The summed E-state index contributed by atoms with van der Waals surface area (Å²) in [6.07, 6.45) is -1.28. The topological polar surface area (TPSA) is 270 Å². The van der Waals surface area contributed by atoms with Gasteiger partial charge in [-0.2, -0.15) is 0 Å². The van der Waals surface area contributed by atoms with E-state index in [1.54, 1.807) is 0 Å². The number of amides is 2. The maximum absolute atomic E-state index is 12.3. The normalized spacial score (nSPS) is 12.9. The third-order valence-electron chi connectivity index (χ3n) is 4.16. The van der Waals surface area contributed by atoms with Gasteiger partial charge in [0, 0.05) is 19.9 Å². The van der Waals surface area contributed by atoms with Gasteiger partial charge in [-0.25, -0.2) is 4.79 Å². The van der Waals surface area contributed by atoms with E-state index in [0.717, 1.165) is 6.92 Å². The van der Waals surface area contributed by atoms with E-state index in [1.807, 2.05) is 0 Å². The van der Waals surface area contributed by atoms with Gasteiger partial charge in [0.15, 0.2) is 6.10 Å². The van der Waals surface area contributed by atoms with Crippen molar-refractivity contribution in [1.82, 2.24) is 10.6 Å². The molecular weight excluding hydrogens is 482 g/mol. The Bertz CT molecular complexity index is 790. The number of Topliss-reactive ketones (excluding diaryl/α,β-unsaturated/α-hetero) is 1. The van der Waals surface area contributed by atoms with Crippen LogP contribution in [0, 0.1) is 20.2 Å². The lowest BCUT2D eigenvalue weighted by molar-refractivity contribution is -0.790. The molecule has 0 aromatic carbocycles. The molecule has 0 aromatic heterocycles. The number of nitrogens with zero attached hydrogens (tertiary/aromatic N) is 2. The summed E-state index contributed by atoms with van der Waals surface area (Å²) in [4.78, 5) is 86.3. The number of unbranched alkanes of at least 4 members (excludes halogenated alkanes) is 1.